The molecule has 0 fully saturated rings. The predicted molar refractivity (Wildman–Crippen MR) is 53.2 cm³/mol. The average molecular weight is 210 g/mol. The van der Waals surface area contributed by atoms with Crippen LogP contribution in [0.15, 0.2) is 12.3 Å². The number of esters is 1. The largest absolute Gasteiger partial charge is 0.463 e. The van der Waals surface area contributed by atoms with Gasteiger partial charge in [-0.1, -0.05) is 6.92 Å². The summed E-state index contributed by atoms with van der Waals surface area (Å²) in [6.45, 7) is 3.47. The SMILES string of the molecule is CCC(C)(O)c1ccnc(C(=O)OC)n1. The van der Waals surface area contributed by atoms with Crippen molar-refractivity contribution in [2.24, 2.45) is 0 Å². The topological polar surface area (TPSA) is 72.3 Å². The monoisotopic (exact) mass is 210 g/mol. The molecule has 0 aliphatic heterocycles. The summed E-state index contributed by atoms with van der Waals surface area (Å²) >= 11 is 0. The molecule has 0 amide bonds. The molecule has 15 heavy (non-hydrogen) atoms. The molecule has 0 saturated carbocycles. The molecule has 1 unspecified atom stereocenters. The Morgan fingerprint density at radius 3 is 2.87 bits per heavy atom. The van der Waals surface area contributed by atoms with E-state index in [0.29, 0.717) is 12.1 Å². The molecule has 1 aromatic heterocycles. The van der Waals surface area contributed by atoms with Crippen LogP contribution in [-0.2, 0) is 10.3 Å². The summed E-state index contributed by atoms with van der Waals surface area (Å²) in [4.78, 5) is 18.9. The highest BCUT2D eigenvalue weighted by atomic mass is 16.5. The van der Waals surface area contributed by atoms with Crippen molar-refractivity contribution in [1.82, 2.24) is 9.97 Å². The van der Waals surface area contributed by atoms with Crippen LogP contribution in [0.3, 0.4) is 0 Å². The second-order valence-electron chi connectivity index (χ2n) is 3.38. The maximum Gasteiger partial charge on any atom is 0.376 e. The Hall–Kier alpha value is -1.49. The van der Waals surface area contributed by atoms with Gasteiger partial charge in [0.2, 0.25) is 5.82 Å². The first-order valence-electron chi connectivity index (χ1n) is 4.65. The molecular formula is C10H14N2O3. The Labute approximate surface area is 88.1 Å². The maximum absolute atomic E-state index is 11.2. The summed E-state index contributed by atoms with van der Waals surface area (Å²) in [7, 11) is 1.26. The number of hydrogen-bond donors (Lipinski definition) is 1. The second-order valence-corrected chi connectivity index (χ2v) is 3.38. The molecule has 5 heteroatoms. The van der Waals surface area contributed by atoms with E-state index in [-0.39, 0.29) is 5.82 Å². The number of hydrogen-bond acceptors (Lipinski definition) is 5. The Morgan fingerprint density at radius 2 is 2.33 bits per heavy atom. The quantitative estimate of drug-likeness (QED) is 0.750. The highest BCUT2D eigenvalue weighted by Crippen LogP contribution is 2.21. The van der Waals surface area contributed by atoms with Crippen molar-refractivity contribution < 1.29 is 14.6 Å². The molecule has 1 heterocycles. The summed E-state index contributed by atoms with van der Waals surface area (Å²) in [6.07, 6.45) is 1.93. The van der Waals surface area contributed by atoms with E-state index in [9.17, 15) is 9.90 Å². The van der Waals surface area contributed by atoms with Gasteiger partial charge in [-0.25, -0.2) is 14.8 Å². The molecule has 0 aliphatic rings. The van der Waals surface area contributed by atoms with E-state index in [1.165, 1.54) is 13.3 Å². The third-order valence-electron chi connectivity index (χ3n) is 2.26. The van der Waals surface area contributed by atoms with Gasteiger partial charge in [-0.15, -0.1) is 0 Å². The van der Waals surface area contributed by atoms with E-state index in [4.69, 9.17) is 0 Å². The summed E-state index contributed by atoms with van der Waals surface area (Å²) in [5, 5.41) is 9.93. The van der Waals surface area contributed by atoms with Gasteiger partial charge >= 0.3 is 5.97 Å². The molecule has 0 spiro atoms. The van der Waals surface area contributed by atoms with Gasteiger partial charge < -0.3 is 9.84 Å². The molecule has 0 bridgehead atoms. The third kappa shape index (κ3) is 2.50. The lowest BCUT2D eigenvalue weighted by molar-refractivity contribution is 0.0469. The van der Waals surface area contributed by atoms with Gasteiger partial charge in [0.1, 0.15) is 5.60 Å². The van der Waals surface area contributed by atoms with Crippen LogP contribution in [0.25, 0.3) is 0 Å². The van der Waals surface area contributed by atoms with Crippen molar-refractivity contribution in [3.8, 4) is 0 Å². The van der Waals surface area contributed by atoms with E-state index >= 15 is 0 Å². The lowest BCUT2D eigenvalue weighted by Gasteiger charge is -2.20. The molecule has 1 rings (SSSR count). The van der Waals surface area contributed by atoms with Crippen LogP contribution in [-0.4, -0.2) is 28.2 Å². The molecule has 82 valence electrons. The lowest BCUT2D eigenvalue weighted by Crippen LogP contribution is -2.23. The number of rotatable bonds is 3. The number of carbonyl (C=O) groups excluding carboxylic acids is 1. The first-order valence-corrected chi connectivity index (χ1v) is 4.65. The molecule has 0 radical (unpaired) electrons. The van der Waals surface area contributed by atoms with E-state index in [1.807, 2.05) is 6.92 Å². The summed E-state index contributed by atoms with van der Waals surface area (Å²) < 4.78 is 4.49. The number of nitrogens with zero attached hydrogens (tertiary/aromatic N) is 2. The zero-order valence-corrected chi connectivity index (χ0v) is 9.02. The van der Waals surface area contributed by atoms with Gasteiger partial charge in [0.25, 0.3) is 0 Å². The van der Waals surface area contributed by atoms with Crippen LogP contribution in [0, 0.1) is 0 Å². The minimum atomic E-state index is -1.05. The Morgan fingerprint density at radius 1 is 1.67 bits per heavy atom. The van der Waals surface area contributed by atoms with Crippen molar-refractivity contribution in [3.05, 3.63) is 23.8 Å². The van der Waals surface area contributed by atoms with Gasteiger partial charge in [0.05, 0.1) is 12.8 Å². The fourth-order valence-corrected chi connectivity index (χ4v) is 1.03. The molecule has 1 atom stereocenters. The Kier molecular flexibility index (Phi) is 3.36. The first kappa shape index (κ1) is 11.6. The van der Waals surface area contributed by atoms with Crippen molar-refractivity contribution >= 4 is 5.97 Å². The van der Waals surface area contributed by atoms with Crippen LogP contribution in [0.2, 0.25) is 0 Å². The molecule has 1 aromatic rings. The zero-order chi connectivity index (χ0) is 11.5. The number of carbonyl (C=O) groups is 1. The highest BCUT2D eigenvalue weighted by molar-refractivity contribution is 5.84. The van der Waals surface area contributed by atoms with Crippen LogP contribution in [0.4, 0.5) is 0 Å². The standard InChI is InChI=1S/C10H14N2O3/c1-4-10(2,14)7-5-6-11-8(12-7)9(13)15-3/h5-6,14H,4H2,1-3H3. The molecule has 0 aromatic carbocycles. The molecule has 0 aliphatic carbocycles. The first-order chi connectivity index (χ1) is 7.01. The van der Waals surface area contributed by atoms with Crippen LogP contribution in [0.5, 0.6) is 0 Å². The van der Waals surface area contributed by atoms with Crippen LogP contribution in [0.1, 0.15) is 36.6 Å². The minimum absolute atomic E-state index is 0.0382. The molecule has 1 N–H and O–H groups in total. The van der Waals surface area contributed by atoms with Crippen LogP contribution < -0.4 is 0 Å². The van der Waals surface area contributed by atoms with Gasteiger partial charge in [0, 0.05) is 6.20 Å². The summed E-state index contributed by atoms with van der Waals surface area (Å²) in [5.74, 6) is -0.646. The average Bonchev–Trinajstić information content (AvgIpc) is 2.28. The fraction of sp³-hybridized carbons (Fsp3) is 0.500. The fourth-order valence-electron chi connectivity index (χ4n) is 1.03. The third-order valence-corrected chi connectivity index (χ3v) is 2.26. The zero-order valence-electron chi connectivity index (χ0n) is 9.02. The van der Waals surface area contributed by atoms with Crippen molar-refractivity contribution in [2.75, 3.05) is 7.11 Å². The number of aromatic nitrogens is 2. The number of ether oxygens (including phenoxy) is 1. The van der Waals surface area contributed by atoms with Gasteiger partial charge in [-0.05, 0) is 19.4 Å². The van der Waals surface area contributed by atoms with Crippen LogP contribution >= 0.6 is 0 Å². The molecule has 0 saturated heterocycles. The second kappa shape index (κ2) is 4.35. The predicted octanol–water partition coefficient (Wildman–Crippen LogP) is 0.881. The normalized spacial score (nSPS) is 14.4. The highest BCUT2D eigenvalue weighted by Gasteiger charge is 2.23. The van der Waals surface area contributed by atoms with Crippen molar-refractivity contribution in [3.63, 3.8) is 0 Å². The van der Waals surface area contributed by atoms with Crippen molar-refractivity contribution in [2.45, 2.75) is 25.9 Å². The van der Waals surface area contributed by atoms with E-state index < -0.39 is 11.6 Å². The van der Waals surface area contributed by atoms with E-state index in [1.54, 1.807) is 13.0 Å². The Bertz CT molecular complexity index is 363. The summed E-state index contributed by atoms with van der Waals surface area (Å²) in [5.41, 5.74) is -0.633. The molecule has 5 nitrogen and oxygen atoms in total. The maximum atomic E-state index is 11.2. The van der Waals surface area contributed by atoms with Crippen molar-refractivity contribution in [1.29, 1.82) is 0 Å². The van der Waals surface area contributed by atoms with Gasteiger partial charge in [0.15, 0.2) is 0 Å². The number of methoxy groups -OCH3 is 1. The Balaban J connectivity index is 3.08. The lowest BCUT2D eigenvalue weighted by atomic mass is 9.99. The molecular weight excluding hydrogens is 196 g/mol. The number of aliphatic hydroxyl groups is 1. The van der Waals surface area contributed by atoms with E-state index in [0.717, 1.165) is 0 Å². The van der Waals surface area contributed by atoms with E-state index in [2.05, 4.69) is 14.7 Å². The summed E-state index contributed by atoms with van der Waals surface area (Å²) in [6, 6.07) is 1.58. The smallest absolute Gasteiger partial charge is 0.376 e. The minimum Gasteiger partial charge on any atom is -0.463 e. The van der Waals surface area contributed by atoms with Gasteiger partial charge in [-0.2, -0.15) is 0 Å². The van der Waals surface area contributed by atoms with Gasteiger partial charge in [-0.3, -0.25) is 0 Å².